The number of carboxylic acids is 1. The molecule has 0 radical (unpaired) electrons. The van der Waals surface area contributed by atoms with Crippen molar-refractivity contribution in [1.29, 1.82) is 0 Å². The normalized spacial score (nSPS) is 16.0. The Labute approximate surface area is 168 Å². The van der Waals surface area contributed by atoms with Gasteiger partial charge >= 0.3 is 5.97 Å². The Bertz CT molecular complexity index is 1080. The molecule has 0 atom stereocenters. The summed E-state index contributed by atoms with van der Waals surface area (Å²) < 4.78 is 0. The fourth-order valence-electron chi connectivity index (χ4n) is 3.69. The first kappa shape index (κ1) is 19.1. The van der Waals surface area contributed by atoms with Gasteiger partial charge in [0, 0.05) is 36.9 Å². The molecule has 1 amide bonds. The van der Waals surface area contributed by atoms with Crippen molar-refractivity contribution in [2.24, 2.45) is 0 Å². The molecule has 2 aromatic carbocycles. The molecule has 1 aliphatic heterocycles. The van der Waals surface area contributed by atoms with Gasteiger partial charge in [-0.05, 0) is 19.1 Å². The summed E-state index contributed by atoms with van der Waals surface area (Å²) in [6.45, 7) is 2.40. The minimum atomic E-state index is -1.76. The highest BCUT2D eigenvalue weighted by atomic mass is 16.4. The zero-order valence-corrected chi connectivity index (χ0v) is 16.1. The minimum Gasteiger partial charge on any atom is -0.479 e. The molecule has 6 heteroatoms. The summed E-state index contributed by atoms with van der Waals surface area (Å²) >= 11 is 0. The maximum atomic E-state index is 13.3. The Balaban J connectivity index is 1.72. The number of pyridine rings is 1. The molecular formula is C23H22N2O4. The highest BCUT2D eigenvalue weighted by Crippen LogP contribution is 2.28. The third-order valence-electron chi connectivity index (χ3n) is 5.57. The van der Waals surface area contributed by atoms with Crippen LogP contribution >= 0.6 is 0 Å². The molecule has 3 aromatic rings. The standard InChI is InChI=1S/C23H22N2O4/c1-15-6-8-16(9-7-15)20-14-18(17-4-2-3-5-19(17)24-20)21(26)25-12-10-23(29,11-13-25)22(27)28/h2-9,14,29H,10-13H2,1H3,(H,27,28). The quantitative estimate of drug-likeness (QED) is 0.716. The van der Waals surface area contributed by atoms with E-state index in [1.807, 2.05) is 55.5 Å². The van der Waals surface area contributed by atoms with Gasteiger partial charge in [-0.15, -0.1) is 0 Å². The second-order valence-electron chi connectivity index (χ2n) is 7.57. The van der Waals surface area contributed by atoms with Crippen molar-refractivity contribution >= 4 is 22.8 Å². The number of nitrogens with zero attached hydrogens (tertiary/aromatic N) is 2. The number of fused-ring (bicyclic) bond motifs is 1. The summed E-state index contributed by atoms with van der Waals surface area (Å²) in [6, 6.07) is 17.3. The Morgan fingerprint density at radius 3 is 2.34 bits per heavy atom. The number of benzene rings is 2. The number of aryl methyl sites for hydroxylation is 1. The molecule has 0 unspecified atom stereocenters. The Kier molecular flexibility index (Phi) is 4.80. The highest BCUT2D eigenvalue weighted by Gasteiger charge is 2.40. The van der Waals surface area contributed by atoms with Crippen molar-refractivity contribution in [3.05, 3.63) is 65.7 Å². The van der Waals surface area contributed by atoms with Gasteiger partial charge in [0.25, 0.3) is 5.91 Å². The van der Waals surface area contributed by atoms with Crippen molar-refractivity contribution in [1.82, 2.24) is 9.88 Å². The predicted octanol–water partition coefficient (Wildman–Crippen LogP) is 3.26. The second-order valence-corrected chi connectivity index (χ2v) is 7.57. The summed E-state index contributed by atoms with van der Waals surface area (Å²) in [7, 11) is 0. The smallest absolute Gasteiger partial charge is 0.335 e. The molecule has 1 fully saturated rings. The van der Waals surface area contributed by atoms with E-state index in [2.05, 4.69) is 0 Å². The number of carbonyl (C=O) groups excluding carboxylic acids is 1. The van der Waals surface area contributed by atoms with Crippen LogP contribution in [0.5, 0.6) is 0 Å². The second kappa shape index (κ2) is 7.29. The van der Waals surface area contributed by atoms with E-state index in [9.17, 15) is 19.8 Å². The van der Waals surface area contributed by atoms with E-state index < -0.39 is 11.6 Å². The van der Waals surface area contributed by atoms with Gasteiger partial charge in [-0.2, -0.15) is 0 Å². The fourth-order valence-corrected chi connectivity index (χ4v) is 3.69. The number of hydrogen-bond donors (Lipinski definition) is 2. The predicted molar refractivity (Wildman–Crippen MR) is 110 cm³/mol. The number of carboxylic acid groups (broad SMARTS) is 1. The number of hydrogen-bond acceptors (Lipinski definition) is 4. The Morgan fingerprint density at radius 2 is 1.69 bits per heavy atom. The zero-order chi connectivity index (χ0) is 20.6. The summed E-state index contributed by atoms with van der Waals surface area (Å²) in [6.07, 6.45) is 0.0316. The zero-order valence-electron chi connectivity index (χ0n) is 16.1. The summed E-state index contributed by atoms with van der Waals surface area (Å²) in [4.78, 5) is 30.9. The van der Waals surface area contributed by atoms with Gasteiger partial charge in [0.2, 0.25) is 0 Å². The molecule has 29 heavy (non-hydrogen) atoms. The number of piperidine rings is 1. The first-order valence-corrected chi connectivity index (χ1v) is 9.59. The maximum Gasteiger partial charge on any atom is 0.335 e. The van der Waals surface area contributed by atoms with Crippen LogP contribution in [-0.2, 0) is 4.79 Å². The van der Waals surface area contributed by atoms with Gasteiger partial charge in [-0.3, -0.25) is 4.79 Å². The number of para-hydroxylation sites is 1. The molecule has 0 saturated carbocycles. The van der Waals surface area contributed by atoms with E-state index in [-0.39, 0.29) is 31.8 Å². The fraction of sp³-hybridized carbons (Fsp3) is 0.261. The van der Waals surface area contributed by atoms with Crippen LogP contribution in [0.25, 0.3) is 22.2 Å². The monoisotopic (exact) mass is 390 g/mol. The van der Waals surface area contributed by atoms with Crippen LogP contribution in [0, 0.1) is 6.92 Å². The average molecular weight is 390 g/mol. The van der Waals surface area contributed by atoms with Crippen molar-refractivity contribution < 1.29 is 19.8 Å². The number of aliphatic carboxylic acids is 1. The van der Waals surface area contributed by atoms with E-state index in [0.29, 0.717) is 11.3 Å². The van der Waals surface area contributed by atoms with Crippen LogP contribution in [0.2, 0.25) is 0 Å². The van der Waals surface area contributed by atoms with Crippen molar-refractivity contribution in [2.75, 3.05) is 13.1 Å². The average Bonchev–Trinajstić information content (AvgIpc) is 2.73. The molecule has 1 aliphatic rings. The first-order chi connectivity index (χ1) is 13.9. The minimum absolute atomic E-state index is 0.0158. The number of aromatic nitrogens is 1. The molecule has 1 saturated heterocycles. The summed E-state index contributed by atoms with van der Waals surface area (Å²) in [5.41, 5.74) is 2.29. The van der Waals surface area contributed by atoms with Crippen molar-refractivity contribution in [3.8, 4) is 11.3 Å². The third kappa shape index (κ3) is 3.59. The molecule has 4 rings (SSSR count). The van der Waals surface area contributed by atoms with E-state index in [4.69, 9.17) is 4.98 Å². The van der Waals surface area contributed by atoms with Crippen LogP contribution in [0.15, 0.2) is 54.6 Å². The van der Waals surface area contributed by atoms with Gasteiger partial charge in [-0.1, -0.05) is 48.0 Å². The topological polar surface area (TPSA) is 90.7 Å². The summed E-state index contributed by atoms with van der Waals surface area (Å²) in [5, 5.41) is 20.1. The number of amides is 1. The van der Waals surface area contributed by atoms with Gasteiger partial charge in [0.05, 0.1) is 16.8 Å². The lowest BCUT2D eigenvalue weighted by Crippen LogP contribution is -2.50. The molecule has 2 heterocycles. The maximum absolute atomic E-state index is 13.3. The first-order valence-electron chi connectivity index (χ1n) is 9.59. The van der Waals surface area contributed by atoms with Gasteiger partial charge in [0.1, 0.15) is 0 Å². The van der Waals surface area contributed by atoms with E-state index in [1.165, 1.54) is 0 Å². The van der Waals surface area contributed by atoms with Crippen LogP contribution in [0.4, 0.5) is 0 Å². The molecule has 2 N–H and O–H groups in total. The molecule has 1 aromatic heterocycles. The number of likely N-dealkylation sites (tertiary alicyclic amines) is 1. The van der Waals surface area contributed by atoms with E-state index in [1.54, 1.807) is 11.0 Å². The van der Waals surface area contributed by atoms with Gasteiger partial charge in [0.15, 0.2) is 5.60 Å². The van der Waals surface area contributed by atoms with E-state index >= 15 is 0 Å². The molecule has 6 nitrogen and oxygen atoms in total. The molecule has 148 valence electrons. The third-order valence-corrected chi connectivity index (χ3v) is 5.57. The van der Waals surface area contributed by atoms with Crippen molar-refractivity contribution in [3.63, 3.8) is 0 Å². The largest absolute Gasteiger partial charge is 0.479 e. The lowest BCUT2D eigenvalue weighted by molar-refractivity contribution is -0.162. The molecular weight excluding hydrogens is 368 g/mol. The molecule has 0 aliphatic carbocycles. The molecule has 0 bridgehead atoms. The van der Waals surface area contributed by atoms with Gasteiger partial charge < -0.3 is 15.1 Å². The number of aliphatic hydroxyl groups is 1. The van der Waals surface area contributed by atoms with Crippen LogP contribution in [0.1, 0.15) is 28.8 Å². The van der Waals surface area contributed by atoms with Crippen LogP contribution in [0.3, 0.4) is 0 Å². The number of carbonyl (C=O) groups is 2. The SMILES string of the molecule is Cc1ccc(-c2cc(C(=O)N3CCC(O)(C(=O)O)CC3)c3ccccc3n2)cc1. The lowest BCUT2D eigenvalue weighted by atomic mass is 9.91. The lowest BCUT2D eigenvalue weighted by Gasteiger charge is -2.35. The molecule has 0 spiro atoms. The number of rotatable bonds is 3. The Morgan fingerprint density at radius 1 is 1.03 bits per heavy atom. The van der Waals surface area contributed by atoms with Gasteiger partial charge in [-0.25, -0.2) is 9.78 Å². The van der Waals surface area contributed by atoms with Crippen LogP contribution in [-0.4, -0.2) is 50.7 Å². The Hall–Kier alpha value is -3.25. The van der Waals surface area contributed by atoms with Crippen molar-refractivity contribution in [2.45, 2.75) is 25.4 Å². The highest BCUT2D eigenvalue weighted by molar-refractivity contribution is 6.07. The van der Waals surface area contributed by atoms with Crippen LogP contribution < -0.4 is 0 Å². The summed E-state index contributed by atoms with van der Waals surface area (Å²) in [5.74, 6) is -1.41. The van der Waals surface area contributed by atoms with E-state index in [0.717, 1.165) is 22.0 Å².